The maximum absolute atomic E-state index is 13.8. The highest BCUT2D eigenvalue weighted by molar-refractivity contribution is 6.16. The van der Waals surface area contributed by atoms with Gasteiger partial charge in [-0.3, -0.25) is 4.79 Å². The summed E-state index contributed by atoms with van der Waals surface area (Å²) in [5, 5.41) is 2.91. The second kappa shape index (κ2) is 6.31. The molecule has 0 radical (unpaired) electrons. The van der Waals surface area contributed by atoms with Crippen molar-refractivity contribution >= 4 is 29.1 Å². The zero-order valence-corrected chi connectivity index (χ0v) is 16.1. The van der Waals surface area contributed by atoms with E-state index in [0.29, 0.717) is 28.8 Å². The summed E-state index contributed by atoms with van der Waals surface area (Å²) in [7, 11) is 2.13. The van der Waals surface area contributed by atoms with Gasteiger partial charge in [-0.05, 0) is 51.1 Å². The van der Waals surface area contributed by atoms with E-state index in [4.69, 9.17) is 0 Å². The molecule has 7 heteroatoms. The first-order chi connectivity index (χ1) is 13.5. The number of nitrogens with one attached hydrogen (secondary N) is 1. The van der Waals surface area contributed by atoms with Gasteiger partial charge in [0.1, 0.15) is 0 Å². The Morgan fingerprint density at radius 3 is 2.86 bits per heavy atom. The van der Waals surface area contributed by atoms with Crippen molar-refractivity contribution in [1.29, 1.82) is 0 Å². The van der Waals surface area contributed by atoms with Crippen LogP contribution in [0.3, 0.4) is 0 Å². The molecule has 28 heavy (non-hydrogen) atoms. The summed E-state index contributed by atoms with van der Waals surface area (Å²) in [6.45, 7) is 3.67. The fraction of sp³-hybridized carbons (Fsp3) is 0.381. The summed E-state index contributed by atoms with van der Waals surface area (Å²) in [6.07, 6.45) is 3.61. The van der Waals surface area contributed by atoms with E-state index in [2.05, 4.69) is 22.2 Å². The number of anilines is 3. The van der Waals surface area contributed by atoms with Crippen LogP contribution in [0.4, 0.5) is 22.0 Å². The molecule has 3 amide bonds. The van der Waals surface area contributed by atoms with Gasteiger partial charge in [-0.25, -0.2) is 14.7 Å². The Balaban J connectivity index is 1.63. The number of aromatic nitrogens is 1. The maximum Gasteiger partial charge on any atom is 0.330 e. The van der Waals surface area contributed by atoms with Crippen LogP contribution in [-0.2, 0) is 0 Å². The van der Waals surface area contributed by atoms with Crippen LogP contribution in [-0.4, -0.2) is 58.9 Å². The highest BCUT2D eigenvalue weighted by atomic mass is 16.2. The summed E-state index contributed by atoms with van der Waals surface area (Å²) < 4.78 is 0. The first-order valence-electron chi connectivity index (χ1n) is 9.72. The molecule has 2 fully saturated rings. The molecule has 144 valence electrons. The fourth-order valence-electron chi connectivity index (χ4n) is 4.76. The van der Waals surface area contributed by atoms with Gasteiger partial charge in [-0.2, -0.15) is 0 Å². The van der Waals surface area contributed by atoms with E-state index in [1.807, 2.05) is 30.0 Å². The lowest BCUT2D eigenvalue weighted by Gasteiger charge is -2.31. The molecular formula is C21H23N5O2. The number of carbonyl (C=O) groups is 2. The maximum atomic E-state index is 13.8. The number of fused-ring (bicyclic) bond motifs is 3. The molecule has 0 bridgehead atoms. The molecule has 0 saturated carbocycles. The number of carbonyl (C=O) groups excluding carboxylic acids is 2. The van der Waals surface area contributed by atoms with Gasteiger partial charge >= 0.3 is 6.03 Å². The van der Waals surface area contributed by atoms with E-state index in [0.717, 1.165) is 31.5 Å². The van der Waals surface area contributed by atoms with Crippen LogP contribution < -0.4 is 10.2 Å². The van der Waals surface area contributed by atoms with Gasteiger partial charge in [-0.15, -0.1) is 0 Å². The number of rotatable bonds is 0. The molecule has 3 aliphatic heterocycles. The highest BCUT2D eigenvalue weighted by Crippen LogP contribution is 2.39. The molecule has 5 rings (SSSR count). The van der Waals surface area contributed by atoms with Gasteiger partial charge in [0, 0.05) is 25.3 Å². The lowest BCUT2D eigenvalue weighted by atomic mass is 10.1. The van der Waals surface area contributed by atoms with Crippen molar-refractivity contribution in [1.82, 2.24) is 14.8 Å². The molecule has 2 atom stereocenters. The Morgan fingerprint density at radius 1 is 1.18 bits per heavy atom. The SMILES string of the molecule is Cc1ccc2c(c1)C(=O)Nc1cccnc1N2C(=O)N1CCC2C1CCN2C. The normalized spacial score (nSPS) is 23.7. The second-order valence-corrected chi connectivity index (χ2v) is 7.85. The zero-order valence-electron chi connectivity index (χ0n) is 16.1. The molecule has 0 spiro atoms. The van der Waals surface area contributed by atoms with Crippen molar-refractivity contribution in [2.24, 2.45) is 0 Å². The van der Waals surface area contributed by atoms with Crippen LogP contribution in [0.1, 0.15) is 28.8 Å². The van der Waals surface area contributed by atoms with Crippen molar-refractivity contribution in [3.05, 3.63) is 47.7 Å². The van der Waals surface area contributed by atoms with E-state index in [1.165, 1.54) is 0 Å². The zero-order chi connectivity index (χ0) is 19.4. The van der Waals surface area contributed by atoms with Crippen LogP contribution in [0, 0.1) is 6.92 Å². The standard InChI is InChI=1S/C21H23N5O2/c1-13-5-6-16-14(12-13)20(27)23-15-4-3-9-22-19(15)26(16)21(28)25-11-8-17-18(25)7-10-24(17)2/h3-6,9,12,17-18H,7-8,10-11H2,1-2H3,(H,23,27). The van der Waals surface area contributed by atoms with Crippen molar-refractivity contribution in [3.8, 4) is 0 Å². The molecule has 4 heterocycles. The van der Waals surface area contributed by atoms with Crippen LogP contribution in [0.25, 0.3) is 0 Å². The number of nitrogens with zero attached hydrogens (tertiary/aromatic N) is 4. The number of benzene rings is 1. The number of aryl methyl sites for hydroxylation is 1. The Bertz CT molecular complexity index is 975. The smallest absolute Gasteiger partial charge is 0.319 e. The van der Waals surface area contributed by atoms with Crippen molar-refractivity contribution < 1.29 is 9.59 Å². The van der Waals surface area contributed by atoms with E-state index in [9.17, 15) is 9.59 Å². The summed E-state index contributed by atoms with van der Waals surface area (Å²) in [5.74, 6) is 0.251. The number of pyridine rings is 1. The largest absolute Gasteiger partial charge is 0.330 e. The van der Waals surface area contributed by atoms with Crippen LogP contribution in [0.2, 0.25) is 0 Å². The average Bonchev–Trinajstić information content (AvgIpc) is 3.24. The minimum Gasteiger partial charge on any atom is -0.319 e. The molecule has 1 aromatic heterocycles. The van der Waals surface area contributed by atoms with E-state index < -0.39 is 0 Å². The number of likely N-dealkylation sites (N-methyl/N-ethyl adjacent to an activating group) is 1. The van der Waals surface area contributed by atoms with Crippen molar-refractivity contribution in [2.75, 3.05) is 30.4 Å². The fourth-order valence-corrected chi connectivity index (χ4v) is 4.76. The Labute approximate surface area is 163 Å². The topological polar surface area (TPSA) is 68.8 Å². The summed E-state index contributed by atoms with van der Waals surface area (Å²) in [6, 6.07) is 9.67. The number of likely N-dealkylation sites (tertiary alicyclic amines) is 2. The van der Waals surface area contributed by atoms with E-state index in [-0.39, 0.29) is 18.0 Å². The molecule has 0 aliphatic carbocycles. The van der Waals surface area contributed by atoms with Gasteiger partial charge in [-0.1, -0.05) is 11.6 Å². The molecule has 2 saturated heterocycles. The van der Waals surface area contributed by atoms with Gasteiger partial charge in [0.2, 0.25) is 0 Å². The Morgan fingerprint density at radius 2 is 2.00 bits per heavy atom. The van der Waals surface area contributed by atoms with Gasteiger partial charge in [0.25, 0.3) is 5.91 Å². The van der Waals surface area contributed by atoms with Crippen molar-refractivity contribution in [2.45, 2.75) is 31.8 Å². The number of urea groups is 1. The van der Waals surface area contributed by atoms with Crippen molar-refractivity contribution in [3.63, 3.8) is 0 Å². The van der Waals surface area contributed by atoms with E-state index >= 15 is 0 Å². The van der Waals surface area contributed by atoms with Gasteiger partial charge in [0.05, 0.1) is 23.0 Å². The molecule has 2 unspecified atom stereocenters. The number of amides is 3. The highest BCUT2D eigenvalue weighted by Gasteiger charge is 2.45. The lowest BCUT2D eigenvalue weighted by Crippen LogP contribution is -2.45. The quantitative estimate of drug-likeness (QED) is 0.766. The Hall–Kier alpha value is -2.93. The third kappa shape index (κ3) is 2.50. The third-order valence-electron chi connectivity index (χ3n) is 6.18. The second-order valence-electron chi connectivity index (χ2n) is 7.85. The third-order valence-corrected chi connectivity index (χ3v) is 6.18. The van der Waals surface area contributed by atoms with E-state index in [1.54, 1.807) is 23.2 Å². The minimum atomic E-state index is -0.219. The minimum absolute atomic E-state index is 0.107. The summed E-state index contributed by atoms with van der Waals surface area (Å²) in [5.41, 5.74) is 2.60. The molecule has 7 nitrogen and oxygen atoms in total. The molecule has 1 aromatic carbocycles. The van der Waals surface area contributed by atoms with Crippen LogP contribution in [0.5, 0.6) is 0 Å². The first kappa shape index (κ1) is 17.2. The summed E-state index contributed by atoms with van der Waals surface area (Å²) >= 11 is 0. The lowest BCUT2D eigenvalue weighted by molar-refractivity contribution is 0.102. The number of hydrogen-bond donors (Lipinski definition) is 1. The molecule has 2 aromatic rings. The molecular weight excluding hydrogens is 354 g/mol. The monoisotopic (exact) mass is 377 g/mol. The van der Waals surface area contributed by atoms with Gasteiger partial charge < -0.3 is 15.1 Å². The molecule has 3 aliphatic rings. The Kier molecular flexibility index (Phi) is 3.87. The predicted molar refractivity (Wildman–Crippen MR) is 107 cm³/mol. The average molecular weight is 377 g/mol. The van der Waals surface area contributed by atoms with Gasteiger partial charge in [0.15, 0.2) is 5.82 Å². The number of hydrogen-bond acceptors (Lipinski definition) is 4. The molecule has 1 N–H and O–H groups in total. The van der Waals surface area contributed by atoms with Crippen LogP contribution in [0.15, 0.2) is 36.5 Å². The van der Waals surface area contributed by atoms with Crippen LogP contribution >= 0.6 is 0 Å². The first-order valence-corrected chi connectivity index (χ1v) is 9.72. The summed E-state index contributed by atoms with van der Waals surface area (Å²) in [4.78, 5) is 37.0. The predicted octanol–water partition coefficient (Wildman–Crippen LogP) is 2.99.